The number of esters is 2. The number of carbonyl (C=O) groups is 4. The van der Waals surface area contributed by atoms with Gasteiger partial charge in [-0.3, -0.25) is 9.69 Å². The molecule has 1 aliphatic rings. The molecule has 12 heteroatoms. The number of hydrogen-bond acceptors (Lipinski definition) is 9. The van der Waals surface area contributed by atoms with Gasteiger partial charge in [0.25, 0.3) is 5.91 Å². The number of methoxy groups -OCH3 is 2. The van der Waals surface area contributed by atoms with Gasteiger partial charge in [0.2, 0.25) is 5.76 Å². The summed E-state index contributed by atoms with van der Waals surface area (Å²) in [6.45, 7) is 1.33. The van der Waals surface area contributed by atoms with E-state index in [-0.39, 0.29) is 53.5 Å². The number of nitrogens with one attached hydrogen (secondary N) is 1. The Kier molecular flexibility index (Phi) is 7.79. The maximum atomic E-state index is 12.8. The van der Waals surface area contributed by atoms with Gasteiger partial charge in [-0.1, -0.05) is 11.6 Å². The van der Waals surface area contributed by atoms with Gasteiger partial charge in [-0.05, 0) is 42.8 Å². The van der Waals surface area contributed by atoms with Gasteiger partial charge in [0.1, 0.15) is 11.5 Å². The van der Waals surface area contributed by atoms with Crippen LogP contribution in [-0.4, -0.2) is 56.2 Å². The van der Waals surface area contributed by atoms with Crippen LogP contribution >= 0.6 is 11.6 Å². The number of benzene rings is 1. The SMILES string of the molecule is CCOC(=O)COc1c(Cl)cc(/C=C2\NC(=O)N(Cc3ccc(C(=O)OC)o3)C2=O)cc1OC. The summed E-state index contributed by atoms with van der Waals surface area (Å²) in [5.74, 6) is -1.35. The summed E-state index contributed by atoms with van der Waals surface area (Å²) in [5.41, 5.74) is 0.421. The third-order valence-electron chi connectivity index (χ3n) is 4.53. The lowest BCUT2D eigenvalue weighted by Gasteiger charge is -2.13. The minimum absolute atomic E-state index is 0.0111. The van der Waals surface area contributed by atoms with E-state index in [1.54, 1.807) is 6.92 Å². The molecule has 3 rings (SSSR count). The normalized spacial score (nSPS) is 14.2. The van der Waals surface area contributed by atoms with Crippen molar-refractivity contribution >= 4 is 41.6 Å². The highest BCUT2D eigenvalue weighted by atomic mass is 35.5. The number of imide groups is 1. The predicted octanol–water partition coefficient (Wildman–Crippen LogP) is 2.76. The summed E-state index contributed by atoms with van der Waals surface area (Å²) in [6, 6.07) is 5.19. The zero-order valence-electron chi connectivity index (χ0n) is 18.5. The fourth-order valence-electron chi connectivity index (χ4n) is 3.01. The van der Waals surface area contributed by atoms with E-state index in [1.165, 1.54) is 44.6 Å². The number of furan rings is 1. The topological polar surface area (TPSA) is 134 Å². The van der Waals surface area contributed by atoms with E-state index < -0.39 is 23.9 Å². The quantitative estimate of drug-likeness (QED) is 0.318. The third kappa shape index (κ3) is 5.49. The molecule has 0 unspecified atom stereocenters. The van der Waals surface area contributed by atoms with Gasteiger partial charge in [-0.2, -0.15) is 0 Å². The first-order valence-electron chi connectivity index (χ1n) is 9.94. The van der Waals surface area contributed by atoms with Gasteiger partial charge in [-0.15, -0.1) is 0 Å². The second kappa shape index (κ2) is 10.8. The number of nitrogens with zero attached hydrogens (tertiary/aromatic N) is 1. The lowest BCUT2D eigenvalue weighted by molar-refractivity contribution is -0.145. The Bertz CT molecular complexity index is 1160. The van der Waals surface area contributed by atoms with Crippen LogP contribution < -0.4 is 14.8 Å². The van der Waals surface area contributed by atoms with Gasteiger partial charge in [0.05, 0.1) is 32.4 Å². The van der Waals surface area contributed by atoms with E-state index >= 15 is 0 Å². The number of halogens is 1. The summed E-state index contributed by atoms with van der Waals surface area (Å²) >= 11 is 6.28. The van der Waals surface area contributed by atoms with Crippen molar-refractivity contribution in [2.45, 2.75) is 13.5 Å². The second-order valence-corrected chi connectivity index (χ2v) is 7.17. The molecule has 1 fully saturated rings. The van der Waals surface area contributed by atoms with E-state index in [1.807, 2.05) is 0 Å². The lowest BCUT2D eigenvalue weighted by Crippen LogP contribution is -2.30. The highest BCUT2D eigenvalue weighted by Crippen LogP contribution is 2.37. The van der Waals surface area contributed by atoms with Gasteiger partial charge < -0.3 is 28.7 Å². The molecule has 180 valence electrons. The first-order chi connectivity index (χ1) is 16.3. The Labute approximate surface area is 199 Å². The smallest absolute Gasteiger partial charge is 0.373 e. The largest absolute Gasteiger partial charge is 0.493 e. The van der Waals surface area contributed by atoms with Gasteiger partial charge in [0, 0.05) is 0 Å². The van der Waals surface area contributed by atoms with Crippen molar-refractivity contribution in [3.8, 4) is 11.5 Å². The molecule has 0 atom stereocenters. The first kappa shape index (κ1) is 24.6. The van der Waals surface area contributed by atoms with E-state index in [0.29, 0.717) is 5.56 Å². The molecule has 1 saturated heterocycles. The summed E-state index contributed by atoms with van der Waals surface area (Å²) in [5, 5.41) is 2.60. The molecule has 0 radical (unpaired) electrons. The molecule has 1 aromatic carbocycles. The molecule has 0 spiro atoms. The number of amides is 3. The van der Waals surface area contributed by atoms with Crippen LogP contribution in [0.2, 0.25) is 5.02 Å². The Morgan fingerprint density at radius 3 is 2.65 bits per heavy atom. The number of carbonyl (C=O) groups excluding carboxylic acids is 4. The number of ether oxygens (including phenoxy) is 4. The first-order valence-corrected chi connectivity index (χ1v) is 10.3. The van der Waals surface area contributed by atoms with Gasteiger partial charge in [0.15, 0.2) is 18.1 Å². The molecule has 1 N–H and O–H groups in total. The molecule has 2 heterocycles. The summed E-state index contributed by atoms with van der Waals surface area (Å²) in [4.78, 5) is 49.1. The van der Waals surface area contributed by atoms with Crippen LogP contribution in [0.5, 0.6) is 11.5 Å². The molecule has 34 heavy (non-hydrogen) atoms. The van der Waals surface area contributed by atoms with Crippen LogP contribution in [-0.2, 0) is 25.6 Å². The number of urea groups is 1. The molecule has 1 aromatic heterocycles. The average Bonchev–Trinajstić information content (AvgIpc) is 3.38. The zero-order chi connectivity index (χ0) is 24.8. The van der Waals surface area contributed by atoms with E-state index in [2.05, 4.69) is 10.1 Å². The summed E-state index contributed by atoms with van der Waals surface area (Å²) in [7, 11) is 2.59. The van der Waals surface area contributed by atoms with Crippen molar-refractivity contribution in [2.75, 3.05) is 27.4 Å². The van der Waals surface area contributed by atoms with Crippen molar-refractivity contribution in [1.29, 1.82) is 0 Å². The molecule has 1 aliphatic heterocycles. The minimum atomic E-state index is -0.676. The van der Waals surface area contributed by atoms with Gasteiger partial charge >= 0.3 is 18.0 Å². The van der Waals surface area contributed by atoms with Crippen LogP contribution in [0.15, 0.2) is 34.4 Å². The van der Waals surface area contributed by atoms with Crippen molar-refractivity contribution in [3.63, 3.8) is 0 Å². The summed E-state index contributed by atoms with van der Waals surface area (Å²) in [6.07, 6.45) is 1.41. The Morgan fingerprint density at radius 1 is 1.21 bits per heavy atom. The fourth-order valence-corrected chi connectivity index (χ4v) is 3.28. The summed E-state index contributed by atoms with van der Waals surface area (Å²) < 4.78 is 25.4. The maximum Gasteiger partial charge on any atom is 0.373 e. The van der Waals surface area contributed by atoms with Crippen LogP contribution in [0.4, 0.5) is 4.79 Å². The lowest BCUT2D eigenvalue weighted by atomic mass is 10.1. The Morgan fingerprint density at radius 2 is 1.97 bits per heavy atom. The minimum Gasteiger partial charge on any atom is -0.493 e. The maximum absolute atomic E-state index is 12.8. The Hall–Kier alpha value is -3.99. The second-order valence-electron chi connectivity index (χ2n) is 6.76. The molecule has 0 bridgehead atoms. The van der Waals surface area contributed by atoms with Crippen LogP contribution in [0, 0.1) is 0 Å². The highest BCUT2D eigenvalue weighted by molar-refractivity contribution is 6.32. The molecule has 3 amide bonds. The standard InChI is InChI=1S/C22H21ClN2O9/c1-4-32-18(26)11-33-19-14(23)7-12(9-17(19)30-2)8-15-20(27)25(22(29)24-15)10-13-5-6-16(34-13)21(28)31-3/h5-9H,4,10-11H2,1-3H3,(H,24,29)/b15-8-. The predicted molar refractivity (Wildman–Crippen MR) is 117 cm³/mol. The zero-order valence-corrected chi connectivity index (χ0v) is 19.3. The molecule has 11 nitrogen and oxygen atoms in total. The molecule has 2 aromatic rings. The van der Waals surface area contributed by atoms with E-state index in [9.17, 15) is 19.2 Å². The fraction of sp³-hybridized carbons (Fsp3) is 0.273. The van der Waals surface area contributed by atoms with E-state index in [0.717, 1.165) is 4.90 Å². The van der Waals surface area contributed by atoms with Gasteiger partial charge in [-0.25, -0.2) is 14.4 Å². The molecule has 0 saturated carbocycles. The van der Waals surface area contributed by atoms with Crippen LogP contribution in [0.1, 0.15) is 28.8 Å². The van der Waals surface area contributed by atoms with E-state index in [4.69, 9.17) is 30.2 Å². The van der Waals surface area contributed by atoms with Crippen LogP contribution in [0.3, 0.4) is 0 Å². The molecular formula is C22H21ClN2O9. The van der Waals surface area contributed by atoms with Crippen molar-refractivity contribution in [1.82, 2.24) is 10.2 Å². The van der Waals surface area contributed by atoms with Crippen molar-refractivity contribution in [2.24, 2.45) is 0 Å². The van der Waals surface area contributed by atoms with Crippen molar-refractivity contribution in [3.05, 3.63) is 52.1 Å². The average molecular weight is 493 g/mol. The highest BCUT2D eigenvalue weighted by Gasteiger charge is 2.34. The number of rotatable bonds is 9. The molecular weight excluding hydrogens is 472 g/mol. The Balaban J connectivity index is 1.77. The monoisotopic (exact) mass is 492 g/mol. The third-order valence-corrected chi connectivity index (χ3v) is 4.81. The van der Waals surface area contributed by atoms with Crippen LogP contribution in [0.25, 0.3) is 6.08 Å². The number of hydrogen-bond donors (Lipinski definition) is 1. The molecule has 0 aliphatic carbocycles. The van der Waals surface area contributed by atoms with Crippen molar-refractivity contribution < 1.29 is 42.5 Å².